The Hall–Kier alpha value is -0.370. The second-order valence-corrected chi connectivity index (χ2v) is 8.71. The Labute approximate surface area is 155 Å². The minimum absolute atomic E-state index is 0.214. The molecule has 0 radical (unpaired) electrons. The lowest BCUT2D eigenvalue weighted by Crippen LogP contribution is -2.25. The molecule has 1 nitrogen and oxygen atoms in total. The van der Waals surface area contributed by atoms with Crippen molar-refractivity contribution in [2.45, 2.75) is 96.5 Å². The standard InChI is InChI=1S/C23H41FO/c1-19(25-2)23-16-14-22(15-17-23)13-12-21-10-8-20(9-11-21)7-5-3-4-6-18-24/h3-4,19-23H,5-18H2,1-2H3. The van der Waals surface area contributed by atoms with E-state index in [0.717, 1.165) is 30.1 Å². The van der Waals surface area contributed by atoms with E-state index in [1.54, 1.807) is 0 Å². The van der Waals surface area contributed by atoms with Crippen LogP contribution in [0, 0.1) is 23.7 Å². The summed E-state index contributed by atoms with van der Waals surface area (Å²) >= 11 is 0. The lowest BCUT2D eigenvalue weighted by atomic mass is 9.74. The van der Waals surface area contributed by atoms with Gasteiger partial charge in [-0.25, -0.2) is 0 Å². The lowest BCUT2D eigenvalue weighted by molar-refractivity contribution is 0.0416. The predicted molar refractivity (Wildman–Crippen MR) is 106 cm³/mol. The first-order chi connectivity index (χ1) is 12.2. The van der Waals surface area contributed by atoms with E-state index in [-0.39, 0.29) is 6.67 Å². The summed E-state index contributed by atoms with van der Waals surface area (Å²) in [6.07, 6.45) is 22.0. The van der Waals surface area contributed by atoms with Crippen LogP contribution in [0.15, 0.2) is 12.2 Å². The van der Waals surface area contributed by atoms with Gasteiger partial charge >= 0.3 is 0 Å². The van der Waals surface area contributed by atoms with Gasteiger partial charge in [0.1, 0.15) is 0 Å². The molecule has 0 spiro atoms. The summed E-state index contributed by atoms with van der Waals surface area (Å²) in [5, 5.41) is 0. The zero-order valence-corrected chi connectivity index (χ0v) is 16.7. The minimum Gasteiger partial charge on any atom is -0.381 e. The second-order valence-electron chi connectivity index (χ2n) is 8.71. The first-order valence-corrected chi connectivity index (χ1v) is 11.0. The maximum absolute atomic E-state index is 12.0. The van der Waals surface area contributed by atoms with E-state index in [4.69, 9.17) is 4.74 Å². The molecule has 0 aromatic heterocycles. The van der Waals surface area contributed by atoms with Gasteiger partial charge in [-0.1, -0.05) is 63.5 Å². The summed E-state index contributed by atoms with van der Waals surface area (Å²) in [6, 6.07) is 0. The number of ether oxygens (including phenoxy) is 1. The fourth-order valence-corrected chi connectivity index (χ4v) is 5.05. The SMILES string of the molecule is COC(C)C1CCC(CCC2CCC(CCC=CCCF)CC2)CC1. The number of alkyl halides is 1. The molecule has 2 aliphatic carbocycles. The Balaban J connectivity index is 1.53. The highest BCUT2D eigenvalue weighted by Gasteiger charge is 2.26. The van der Waals surface area contributed by atoms with Gasteiger partial charge in [-0.15, -0.1) is 0 Å². The summed E-state index contributed by atoms with van der Waals surface area (Å²) in [6.45, 7) is 2.02. The Morgan fingerprint density at radius 3 is 1.80 bits per heavy atom. The normalized spacial score (nSPS) is 32.1. The summed E-state index contributed by atoms with van der Waals surface area (Å²) in [4.78, 5) is 0. The number of hydrogen-bond donors (Lipinski definition) is 0. The molecule has 2 heteroatoms. The number of rotatable bonds is 10. The third-order valence-electron chi connectivity index (χ3n) is 7.06. The third-order valence-corrected chi connectivity index (χ3v) is 7.06. The van der Waals surface area contributed by atoms with Crippen molar-refractivity contribution in [3.8, 4) is 0 Å². The average molecular weight is 353 g/mol. The molecule has 0 bridgehead atoms. The predicted octanol–water partition coefficient (Wildman–Crippen LogP) is 7.11. The molecule has 0 amide bonds. The van der Waals surface area contributed by atoms with Crippen molar-refractivity contribution in [1.29, 1.82) is 0 Å². The monoisotopic (exact) mass is 352 g/mol. The summed E-state index contributed by atoms with van der Waals surface area (Å²) in [5.74, 6) is 3.71. The van der Waals surface area contributed by atoms with E-state index in [2.05, 4.69) is 13.0 Å². The van der Waals surface area contributed by atoms with Gasteiger partial charge in [-0.2, -0.15) is 0 Å². The second kappa shape index (κ2) is 12.1. The van der Waals surface area contributed by atoms with Crippen LogP contribution >= 0.6 is 0 Å². The van der Waals surface area contributed by atoms with Crippen LogP contribution in [0.2, 0.25) is 0 Å². The van der Waals surface area contributed by atoms with Crippen molar-refractivity contribution in [2.24, 2.45) is 23.7 Å². The van der Waals surface area contributed by atoms with Crippen molar-refractivity contribution in [3.05, 3.63) is 12.2 Å². The Bertz CT molecular complexity index is 351. The van der Waals surface area contributed by atoms with Crippen LogP contribution in [0.1, 0.15) is 90.4 Å². The number of hydrogen-bond acceptors (Lipinski definition) is 1. The van der Waals surface area contributed by atoms with Crippen LogP contribution < -0.4 is 0 Å². The van der Waals surface area contributed by atoms with Crippen LogP contribution in [0.4, 0.5) is 4.39 Å². The maximum Gasteiger partial charge on any atom is 0.0928 e. The highest BCUT2D eigenvalue weighted by atomic mass is 19.1. The summed E-state index contributed by atoms with van der Waals surface area (Å²) in [5.41, 5.74) is 0. The smallest absolute Gasteiger partial charge is 0.0928 e. The Morgan fingerprint density at radius 2 is 1.28 bits per heavy atom. The quantitative estimate of drug-likeness (QED) is 0.381. The number of allylic oxidation sites excluding steroid dienone is 2. The Kier molecular flexibility index (Phi) is 10.1. The van der Waals surface area contributed by atoms with Crippen molar-refractivity contribution in [3.63, 3.8) is 0 Å². The molecule has 2 aliphatic rings. The highest BCUT2D eigenvalue weighted by molar-refractivity contribution is 4.83. The van der Waals surface area contributed by atoms with Crippen LogP contribution in [0.5, 0.6) is 0 Å². The van der Waals surface area contributed by atoms with E-state index >= 15 is 0 Å². The van der Waals surface area contributed by atoms with Gasteiger partial charge in [0.05, 0.1) is 12.8 Å². The van der Waals surface area contributed by atoms with E-state index in [0.29, 0.717) is 12.5 Å². The van der Waals surface area contributed by atoms with Crippen LogP contribution in [-0.4, -0.2) is 19.9 Å². The largest absolute Gasteiger partial charge is 0.381 e. The van der Waals surface area contributed by atoms with Crippen molar-refractivity contribution >= 4 is 0 Å². The molecule has 2 rings (SSSR count). The van der Waals surface area contributed by atoms with Crippen molar-refractivity contribution < 1.29 is 9.13 Å². The van der Waals surface area contributed by atoms with Crippen LogP contribution in [-0.2, 0) is 4.74 Å². The molecule has 0 aromatic rings. The zero-order chi connectivity index (χ0) is 17.9. The van der Waals surface area contributed by atoms with Gasteiger partial charge in [0.2, 0.25) is 0 Å². The fourth-order valence-electron chi connectivity index (χ4n) is 5.05. The first-order valence-electron chi connectivity index (χ1n) is 11.0. The highest BCUT2D eigenvalue weighted by Crippen LogP contribution is 2.38. The molecule has 0 N–H and O–H groups in total. The molecule has 0 saturated heterocycles. The van der Waals surface area contributed by atoms with Crippen molar-refractivity contribution in [1.82, 2.24) is 0 Å². The molecule has 0 aromatic carbocycles. The van der Waals surface area contributed by atoms with E-state index in [1.807, 2.05) is 13.2 Å². The van der Waals surface area contributed by atoms with Gasteiger partial charge in [0.15, 0.2) is 0 Å². The van der Waals surface area contributed by atoms with Crippen LogP contribution in [0.3, 0.4) is 0 Å². The maximum atomic E-state index is 12.0. The minimum atomic E-state index is -0.214. The van der Waals surface area contributed by atoms with Gasteiger partial charge in [0, 0.05) is 7.11 Å². The Morgan fingerprint density at radius 1 is 0.800 bits per heavy atom. The molecule has 146 valence electrons. The summed E-state index contributed by atoms with van der Waals surface area (Å²) < 4.78 is 17.6. The third kappa shape index (κ3) is 7.81. The van der Waals surface area contributed by atoms with Gasteiger partial charge in [-0.3, -0.25) is 4.39 Å². The summed E-state index contributed by atoms with van der Waals surface area (Å²) in [7, 11) is 1.85. The molecule has 1 atom stereocenters. The molecule has 1 unspecified atom stereocenters. The number of methoxy groups -OCH3 is 1. The van der Waals surface area contributed by atoms with Gasteiger partial charge in [0.25, 0.3) is 0 Å². The van der Waals surface area contributed by atoms with Gasteiger partial charge in [-0.05, 0) is 62.7 Å². The zero-order valence-electron chi connectivity index (χ0n) is 16.7. The molecule has 0 aliphatic heterocycles. The van der Waals surface area contributed by atoms with E-state index < -0.39 is 0 Å². The molecule has 0 heterocycles. The van der Waals surface area contributed by atoms with Crippen LogP contribution in [0.25, 0.3) is 0 Å². The topological polar surface area (TPSA) is 9.23 Å². The molecule has 25 heavy (non-hydrogen) atoms. The van der Waals surface area contributed by atoms with Gasteiger partial charge < -0.3 is 4.74 Å². The van der Waals surface area contributed by atoms with Crippen molar-refractivity contribution in [2.75, 3.05) is 13.8 Å². The molecule has 2 fully saturated rings. The van der Waals surface area contributed by atoms with E-state index in [9.17, 15) is 4.39 Å². The number of halogens is 1. The molecular formula is C23H41FO. The lowest BCUT2D eigenvalue weighted by Gasteiger charge is -2.33. The molecule has 2 saturated carbocycles. The average Bonchev–Trinajstić information content (AvgIpc) is 2.67. The molecular weight excluding hydrogens is 311 g/mol. The first kappa shape index (κ1) is 20.9. The van der Waals surface area contributed by atoms with E-state index in [1.165, 1.54) is 70.6 Å². The fraction of sp³-hybridized carbons (Fsp3) is 0.913.